The van der Waals surface area contributed by atoms with E-state index in [9.17, 15) is 0 Å². The highest BCUT2D eigenvalue weighted by molar-refractivity contribution is 9.10. The molecule has 0 radical (unpaired) electrons. The summed E-state index contributed by atoms with van der Waals surface area (Å²) in [5.74, 6) is 0. The molecule has 1 aliphatic heterocycles. The molecule has 1 saturated heterocycles. The fourth-order valence-electron chi connectivity index (χ4n) is 14.6. The molecule has 0 saturated carbocycles. The number of hydrogen-bond donors (Lipinski definition) is 2. The Hall–Kier alpha value is -10.5. The first-order valence-electron chi connectivity index (χ1n) is 32.9. The van der Waals surface area contributed by atoms with E-state index in [-0.39, 0.29) is 0 Å². The average Bonchev–Trinajstić information content (AvgIpc) is 1.00. The van der Waals surface area contributed by atoms with E-state index in [1.807, 2.05) is 30.3 Å². The minimum absolute atomic E-state index is 0.661. The fraction of sp³-hybridized carbons (Fsp3) is 0.0667. The van der Waals surface area contributed by atoms with Crippen molar-refractivity contribution in [3.05, 3.63) is 341 Å². The first-order chi connectivity index (χ1) is 46.8. The Kier molecular flexibility index (Phi) is 16.4. The molecule has 2 aliphatic carbocycles. The topological polar surface area (TPSA) is 49.7 Å². The third kappa shape index (κ3) is 11.8. The average molecular weight is 1290 g/mol. The highest BCUT2D eigenvalue weighted by Crippen LogP contribution is 2.48. The van der Waals surface area contributed by atoms with E-state index in [1.165, 1.54) is 171 Å². The van der Waals surface area contributed by atoms with Gasteiger partial charge < -0.3 is 14.8 Å². The van der Waals surface area contributed by atoms with Gasteiger partial charge in [-0.1, -0.05) is 289 Å². The third-order valence-corrected chi connectivity index (χ3v) is 19.7. The predicted molar refractivity (Wildman–Crippen MR) is 409 cm³/mol. The summed E-state index contributed by atoms with van der Waals surface area (Å²) < 4.78 is 6.03. The van der Waals surface area contributed by atoms with Crippen molar-refractivity contribution in [2.24, 2.45) is 0 Å². The van der Waals surface area contributed by atoms with Gasteiger partial charge in [0, 0.05) is 17.7 Å². The second-order valence-corrected chi connectivity index (χ2v) is 26.0. The number of allylic oxidation sites excluding steroid dienone is 2. The minimum atomic E-state index is -1.31. The van der Waals surface area contributed by atoms with Crippen LogP contribution in [0.15, 0.2) is 313 Å². The van der Waals surface area contributed by atoms with E-state index >= 15 is 0 Å². The van der Waals surface area contributed by atoms with E-state index in [0.29, 0.717) is 11.9 Å². The Morgan fingerprint density at radius 1 is 0.284 bits per heavy atom. The van der Waals surface area contributed by atoms with Crippen LogP contribution in [0.1, 0.15) is 40.7 Å². The fourth-order valence-corrected chi connectivity index (χ4v) is 15.0. The lowest BCUT2D eigenvalue weighted by molar-refractivity contribution is 0.198. The molecule has 16 aromatic carbocycles. The van der Waals surface area contributed by atoms with Crippen molar-refractivity contribution in [3.8, 4) is 44.5 Å². The molecular weight excluding hydrogens is 1220 g/mol. The summed E-state index contributed by atoms with van der Waals surface area (Å²) in [6.07, 6.45) is 8.39. The summed E-state index contributed by atoms with van der Waals surface area (Å²) in [4.78, 5) is 0. The predicted octanol–water partition coefficient (Wildman–Crippen LogP) is 23.6. The first-order valence-corrected chi connectivity index (χ1v) is 33.7. The van der Waals surface area contributed by atoms with Crippen LogP contribution >= 0.6 is 15.9 Å². The van der Waals surface area contributed by atoms with Crippen LogP contribution in [0.4, 0.5) is 0 Å². The molecule has 3 aliphatic rings. The van der Waals surface area contributed by atoms with Crippen molar-refractivity contribution < 1.29 is 14.8 Å². The molecular formula is C90H66BBrO3. The molecule has 19 rings (SSSR count). The zero-order valence-electron chi connectivity index (χ0n) is 52.5. The van der Waals surface area contributed by atoms with Gasteiger partial charge in [-0.3, -0.25) is 0 Å². The maximum absolute atomic E-state index is 8.91. The maximum Gasteiger partial charge on any atom is 0.484 e. The highest BCUT2D eigenvalue weighted by Gasteiger charge is 2.23. The van der Waals surface area contributed by atoms with Gasteiger partial charge in [-0.05, 0) is 238 Å². The van der Waals surface area contributed by atoms with Gasteiger partial charge >= 0.3 is 7.12 Å². The second-order valence-electron chi connectivity index (χ2n) is 25.1. The molecule has 95 heavy (non-hydrogen) atoms. The molecule has 1 heterocycles. The molecule has 3 nitrogen and oxygen atoms in total. The van der Waals surface area contributed by atoms with Crippen LogP contribution in [-0.2, 0) is 17.6 Å². The van der Waals surface area contributed by atoms with Crippen LogP contribution in [0.25, 0.3) is 148 Å². The molecule has 0 bridgehead atoms. The standard InChI is InChI=1S/C43H28.C34H21Br.C9H9BO2.C4H8O/c1-3-11-30-23-35(19-17-28(30)9-1)42-38-15-7-8-16-39(38)43(36-20-18-29-10-2-4-12-31(29)24-36)41-27-34(21-22-40(41)42)37-25-32-13-5-6-14-33(32)26-37;35-28-17-18-31-32(21-28)34(27-16-14-23-8-2-4-10-25(23)20-27)30-12-6-5-11-29(30)33(31)26-15-13-22-7-1-3-9-24(22)19-26;11-10(12)9-5-7-3-1-2-4-8(7)6-9;1-2-4-5-3-1/h1-25,27H,26H2;1-21H;1-5,11-12H,6H2;1-4H2. The lowest BCUT2D eigenvalue weighted by Gasteiger charge is -2.19. The van der Waals surface area contributed by atoms with E-state index in [2.05, 4.69) is 301 Å². The van der Waals surface area contributed by atoms with Crippen molar-refractivity contribution in [2.45, 2.75) is 25.7 Å². The van der Waals surface area contributed by atoms with Crippen molar-refractivity contribution in [2.75, 3.05) is 13.2 Å². The lowest BCUT2D eigenvalue weighted by atomic mass is 9.78. The van der Waals surface area contributed by atoms with E-state index in [4.69, 9.17) is 14.8 Å². The molecule has 5 heteroatoms. The molecule has 0 unspecified atom stereocenters. The normalized spacial score (nSPS) is 13.0. The largest absolute Gasteiger partial charge is 0.484 e. The van der Waals surface area contributed by atoms with Gasteiger partial charge in [0.2, 0.25) is 0 Å². The zero-order valence-corrected chi connectivity index (χ0v) is 54.1. The van der Waals surface area contributed by atoms with Crippen LogP contribution in [0.3, 0.4) is 0 Å². The summed E-state index contributed by atoms with van der Waals surface area (Å²) in [5.41, 5.74) is 18.5. The second kappa shape index (κ2) is 26.1. The van der Waals surface area contributed by atoms with Gasteiger partial charge in [0.1, 0.15) is 0 Å². The van der Waals surface area contributed by atoms with Crippen LogP contribution < -0.4 is 0 Å². The number of benzene rings is 16. The Balaban J connectivity index is 0.000000121. The highest BCUT2D eigenvalue weighted by atomic mass is 79.9. The van der Waals surface area contributed by atoms with Gasteiger partial charge in [-0.25, -0.2) is 0 Å². The number of fused-ring (bicyclic) bond motifs is 10. The quantitative estimate of drug-likeness (QED) is 0.129. The smallest absolute Gasteiger partial charge is 0.423 e. The summed E-state index contributed by atoms with van der Waals surface area (Å²) >= 11 is 3.76. The van der Waals surface area contributed by atoms with E-state index in [0.717, 1.165) is 29.7 Å². The Morgan fingerprint density at radius 2 is 0.621 bits per heavy atom. The van der Waals surface area contributed by atoms with Crippen LogP contribution in [0.5, 0.6) is 0 Å². The molecule has 16 aromatic rings. The zero-order chi connectivity index (χ0) is 63.8. The summed E-state index contributed by atoms with van der Waals surface area (Å²) in [5, 5.41) is 38.2. The van der Waals surface area contributed by atoms with Crippen LogP contribution in [-0.4, -0.2) is 30.4 Å². The van der Waals surface area contributed by atoms with Gasteiger partial charge in [-0.15, -0.1) is 0 Å². The maximum atomic E-state index is 8.91. The van der Waals surface area contributed by atoms with Gasteiger partial charge in [0.05, 0.1) is 0 Å². The summed E-state index contributed by atoms with van der Waals surface area (Å²) in [6.45, 7) is 2.00. The molecule has 1 fully saturated rings. The minimum Gasteiger partial charge on any atom is -0.423 e. The Bertz CT molecular complexity index is 5710. The molecule has 0 atom stereocenters. The summed E-state index contributed by atoms with van der Waals surface area (Å²) in [6, 6.07) is 110. The monoisotopic (exact) mass is 1280 g/mol. The van der Waals surface area contributed by atoms with Gasteiger partial charge in [0.25, 0.3) is 0 Å². The molecule has 0 spiro atoms. The van der Waals surface area contributed by atoms with Gasteiger partial charge in [-0.2, -0.15) is 0 Å². The number of hydrogen-bond acceptors (Lipinski definition) is 3. The van der Waals surface area contributed by atoms with Crippen LogP contribution in [0, 0.1) is 0 Å². The Morgan fingerprint density at radius 3 is 1.02 bits per heavy atom. The first kappa shape index (κ1) is 59.5. The molecule has 454 valence electrons. The number of rotatable bonds is 6. The SMILES string of the molecule is Brc1ccc2c(-c3ccc4ccccc4c3)c3ccccc3c(-c3ccc4ccccc4c3)c2c1.C1=C(c2ccc3c(-c4ccc5ccccc5c4)c4ccccc4c(-c4ccc5ccccc5c4)c3c2)Cc2ccccc21.C1CCOC1.OB(O)C1=Cc2ccccc2C1. The number of ether oxygens (including phenoxy) is 1. The molecule has 0 aromatic heterocycles. The third-order valence-electron chi connectivity index (χ3n) is 19.2. The van der Waals surface area contributed by atoms with Gasteiger partial charge in [0.15, 0.2) is 0 Å². The summed E-state index contributed by atoms with van der Waals surface area (Å²) in [7, 11) is -1.31. The van der Waals surface area contributed by atoms with E-state index < -0.39 is 7.12 Å². The van der Waals surface area contributed by atoms with Crippen molar-refractivity contribution >= 4 is 127 Å². The van der Waals surface area contributed by atoms with Crippen LogP contribution in [0.2, 0.25) is 0 Å². The van der Waals surface area contributed by atoms with E-state index in [1.54, 1.807) is 0 Å². The molecule has 0 amide bonds. The van der Waals surface area contributed by atoms with Crippen molar-refractivity contribution in [3.63, 3.8) is 0 Å². The van der Waals surface area contributed by atoms with Crippen molar-refractivity contribution in [1.82, 2.24) is 0 Å². The Labute approximate surface area is 562 Å². The molecule has 2 N–H and O–H groups in total. The number of halogens is 1. The van der Waals surface area contributed by atoms with Crippen molar-refractivity contribution in [1.29, 1.82) is 0 Å². The lowest BCUT2D eigenvalue weighted by Crippen LogP contribution is -2.14.